The van der Waals surface area contributed by atoms with E-state index in [-0.39, 0.29) is 12.4 Å². The fourth-order valence-electron chi connectivity index (χ4n) is 2.17. The van der Waals surface area contributed by atoms with Gasteiger partial charge in [0.1, 0.15) is 12.4 Å². The zero-order valence-electron chi connectivity index (χ0n) is 11.6. The first kappa shape index (κ1) is 16.6. The van der Waals surface area contributed by atoms with E-state index in [0.29, 0.717) is 6.04 Å². The number of benzene rings is 1. The first-order chi connectivity index (χ1) is 8.79. The van der Waals surface area contributed by atoms with E-state index in [4.69, 9.17) is 4.74 Å². The molecule has 0 spiro atoms. The number of thioether (sulfide) groups is 1. The van der Waals surface area contributed by atoms with Gasteiger partial charge in [0, 0.05) is 37.1 Å². The summed E-state index contributed by atoms with van der Waals surface area (Å²) < 4.78 is 5.79. The normalized spacial score (nSPS) is 19.8. The van der Waals surface area contributed by atoms with Crippen molar-refractivity contribution >= 4 is 24.2 Å². The number of nitrogens with one attached hydrogen (secondary N) is 1. The quantitative estimate of drug-likeness (QED) is 0.845. The Hall–Kier alpha value is -0.420. The number of ether oxygens (including phenoxy) is 1. The smallest absolute Gasteiger partial charge is 0.119 e. The molecule has 0 saturated carbocycles. The molecular formula is C14H23ClN2OS. The van der Waals surface area contributed by atoms with E-state index in [2.05, 4.69) is 35.5 Å². The summed E-state index contributed by atoms with van der Waals surface area (Å²) in [6, 6.07) is 8.92. The highest BCUT2D eigenvalue weighted by atomic mass is 35.5. The van der Waals surface area contributed by atoms with Gasteiger partial charge in [-0.1, -0.05) is 0 Å². The fraction of sp³-hybridized carbons (Fsp3) is 0.571. The predicted octanol–water partition coefficient (Wildman–Crippen LogP) is 2.50. The highest BCUT2D eigenvalue weighted by Gasteiger charge is 2.16. The van der Waals surface area contributed by atoms with E-state index in [0.717, 1.165) is 38.5 Å². The minimum Gasteiger partial charge on any atom is -0.492 e. The number of nitrogens with zero attached hydrogens (tertiary/aromatic N) is 1. The van der Waals surface area contributed by atoms with Crippen LogP contribution in [0, 0.1) is 0 Å². The van der Waals surface area contributed by atoms with Crippen molar-refractivity contribution in [1.29, 1.82) is 0 Å². The van der Waals surface area contributed by atoms with Crippen molar-refractivity contribution in [3.05, 3.63) is 24.3 Å². The molecule has 0 radical (unpaired) electrons. The van der Waals surface area contributed by atoms with Crippen molar-refractivity contribution in [3.8, 4) is 5.75 Å². The third kappa shape index (κ3) is 5.22. The van der Waals surface area contributed by atoms with Crippen molar-refractivity contribution in [1.82, 2.24) is 10.2 Å². The highest BCUT2D eigenvalue weighted by Crippen LogP contribution is 2.18. The van der Waals surface area contributed by atoms with Gasteiger partial charge in [-0.05, 0) is 37.4 Å². The molecule has 0 aromatic heterocycles. The van der Waals surface area contributed by atoms with Gasteiger partial charge in [-0.15, -0.1) is 24.2 Å². The van der Waals surface area contributed by atoms with Gasteiger partial charge in [-0.2, -0.15) is 0 Å². The van der Waals surface area contributed by atoms with E-state index in [1.54, 1.807) is 11.8 Å². The van der Waals surface area contributed by atoms with E-state index >= 15 is 0 Å². The van der Waals surface area contributed by atoms with Gasteiger partial charge >= 0.3 is 0 Å². The van der Waals surface area contributed by atoms with Crippen LogP contribution in [0.3, 0.4) is 0 Å². The minimum absolute atomic E-state index is 0. The molecule has 5 heteroatoms. The van der Waals surface area contributed by atoms with Crippen LogP contribution in [0.2, 0.25) is 0 Å². The van der Waals surface area contributed by atoms with Gasteiger partial charge in [0.05, 0.1) is 0 Å². The molecule has 1 saturated heterocycles. The van der Waals surface area contributed by atoms with Crippen LogP contribution in [0.15, 0.2) is 29.2 Å². The van der Waals surface area contributed by atoms with Crippen molar-refractivity contribution in [3.63, 3.8) is 0 Å². The summed E-state index contributed by atoms with van der Waals surface area (Å²) >= 11 is 1.75. The molecule has 19 heavy (non-hydrogen) atoms. The molecule has 2 rings (SSSR count). The second-order valence-electron chi connectivity index (χ2n) is 4.61. The van der Waals surface area contributed by atoms with Crippen molar-refractivity contribution in [2.45, 2.75) is 17.9 Å². The highest BCUT2D eigenvalue weighted by molar-refractivity contribution is 7.98. The molecule has 1 aliphatic rings. The summed E-state index contributed by atoms with van der Waals surface area (Å²) in [4.78, 5) is 3.75. The molecule has 108 valence electrons. The number of piperazine rings is 1. The van der Waals surface area contributed by atoms with Crippen molar-refractivity contribution < 1.29 is 4.74 Å². The summed E-state index contributed by atoms with van der Waals surface area (Å²) in [5, 5.41) is 3.40. The Labute approximate surface area is 126 Å². The molecule has 1 fully saturated rings. The number of halogens is 1. The molecule has 0 amide bonds. The maximum Gasteiger partial charge on any atom is 0.119 e. The van der Waals surface area contributed by atoms with Crippen LogP contribution in [0.25, 0.3) is 0 Å². The summed E-state index contributed by atoms with van der Waals surface area (Å²) in [6.07, 6.45) is 2.08. The van der Waals surface area contributed by atoms with Crippen LogP contribution in [0.5, 0.6) is 5.75 Å². The second kappa shape index (κ2) is 8.69. The average Bonchev–Trinajstić information content (AvgIpc) is 2.42. The lowest BCUT2D eigenvalue weighted by Gasteiger charge is -2.33. The SMILES string of the molecule is CSc1ccc(OCCN2CCNC[C@H]2C)cc1.Cl. The Bertz CT molecular complexity index is 361. The van der Waals surface area contributed by atoms with Crippen LogP contribution in [0.1, 0.15) is 6.92 Å². The molecule has 1 heterocycles. The Morgan fingerprint density at radius 3 is 2.74 bits per heavy atom. The van der Waals surface area contributed by atoms with Gasteiger partial charge < -0.3 is 10.1 Å². The van der Waals surface area contributed by atoms with E-state index in [1.807, 2.05) is 12.1 Å². The summed E-state index contributed by atoms with van der Waals surface area (Å²) in [5.41, 5.74) is 0. The summed E-state index contributed by atoms with van der Waals surface area (Å²) in [5.74, 6) is 0.968. The topological polar surface area (TPSA) is 24.5 Å². The van der Waals surface area contributed by atoms with Crippen LogP contribution in [-0.2, 0) is 0 Å². The molecular weight excluding hydrogens is 280 g/mol. The Morgan fingerprint density at radius 1 is 1.37 bits per heavy atom. The van der Waals surface area contributed by atoms with Crippen LogP contribution >= 0.6 is 24.2 Å². The standard InChI is InChI=1S/C14H22N2OS.ClH/c1-12-11-15-7-8-16(12)9-10-17-13-3-5-14(18-2)6-4-13;/h3-6,12,15H,7-11H2,1-2H3;1H/t12-;/m1./s1. The van der Waals surface area contributed by atoms with Crippen LogP contribution in [0.4, 0.5) is 0 Å². The van der Waals surface area contributed by atoms with Gasteiger partial charge in [0.2, 0.25) is 0 Å². The minimum atomic E-state index is 0. The lowest BCUT2D eigenvalue weighted by Crippen LogP contribution is -2.50. The van der Waals surface area contributed by atoms with Gasteiger partial charge in [-0.3, -0.25) is 4.90 Å². The third-order valence-corrected chi connectivity index (χ3v) is 4.09. The van der Waals surface area contributed by atoms with Crippen molar-refractivity contribution in [2.24, 2.45) is 0 Å². The molecule has 1 aromatic rings. The predicted molar refractivity (Wildman–Crippen MR) is 84.9 cm³/mol. The summed E-state index contributed by atoms with van der Waals surface area (Å²) in [7, 11) is 0. The Balaban J connectivity index is 0.00000180. The van der Waals surface area contributed by atoms with Crippen LogP contribution < -0.4 is 10.1 Å². The maximum atomic E-state index is 5.79. The number of hydrogen-bond donors (Lipinski definition) is 1. The molecule has 1 N–H and O–H groups in total. The molecule has 0 aliphatic carbocycles. The molecule has 3 nitrogen and oxygen atoms in total. The lowest BCUT2D eigenvalue weighted by molar-refractivity contribution is 0.143. The van der Waals surface area contributed by atoms with Crippen molar-refractivity contribution in [2.75, 3.05) is 39.0 Å². The fourth-order valence-corrected chi connectivity index (χ4v) is 2.58. The van der Waals surface area contributed by atoms with Gasteiger partial charge in [-0.25, -0.2) is 0 Å². The number of rotatable bonds is 5. The second-order valence-corrected chi connectivity index (χ2v) is 5.49. The number of hydrogen-bond acceptors (Lipinski definition) is 4. The van der Waals surface area contributed by atoms with Gasteiger partial charge in [0.15, 0.2) is 0 Å². The summed E-state index contributed by atoms with van der Waals surface area (Å²) in [6.45, 7) is 7.33. The van der Waals surface area contributed by atoms with E-state index < -0.39 is 0 Å². The Morgan fingerprint density at radius 2 is 2.11 bits per heavy atom. The largest absolute Gasteiger partial charge is 0.492 e. The lowest BCUT2D eigenvalue weighted by atomic mass is 10.2. The Kier molecular flexibility index (Phi) is 7.61. The van der Waals surface area contributed by atoms with Gasteiger partial charge in [0.25, 0.3) is 0 Å². The van der Waals surface area contributed by atoms with Crippen LogP contribution in [-0.4, -0.2) is 50.0 Å². The molecule has 0 unspecified atom stereocenters. The monoisotopic (exact) mass is 302 g/mol. The van der Waals surface area contributed by atoms with E-state index in [9.17, 15) is 0 Å². The first-order valence-electron chi connectivity index (χ1n) is 6.51. The van der Waals surface area contributed by atoms with E-state index in [1.165, 1.54) is 4.90 Å². The molecule has 1 aliphatic heterocycles. The average molecular weight is 303 g/mol. The molecule has 1 aromatic carbocycles. The molecule has 0 bridgehead atoms. The zero-order chi connectivity index (χ0) is 12.8. The molecule has 1 atom stereocenters. The maximum absolute atomic E-state index is 5.79. The first-order valence-corrected chi connectivity index (χ1v) is 7.73. The third-order valence-electron chi connectivity index (χ3n) is 3.35. The zero-order valence-corrected chi connectivity index (χ0v) is 13.2.